The fourth-order valence-corrected chi connectivity index (χ4v) is 1.67. The van der Waals surface area contributed by atoms with Crippen molar-refractivity contribution < 1.29 is 8.42 Å². The van der Waals surface area contributed by atoms with Gasteiger partial charge in [-0.05, 0) is 13.8 Å². The molecule has 0 aromatic heterocycles. The zero-order chi connectivity index (χ0) is 9.28. The van der Waals surface area contributed by atoms with Gasteiger partial charge in [0, 0.05) is 0 Å². The quantitative estimate of drug-likeness (QED) is 0.602. The summed E-state index contributed by atoms with van der Waals surface area (Å²) in [5.74, 6) is 0. The Labute approximate surface area is 72.2 Å². The van der Waals surface area contributed by atoms with Crippen molar-refractivity contribution in [1.82, 2.24) is 4.72 Å². The van der Waals surface area contributed by atoms with Gasteiger partial charge in [0.2, 0.25) is 10.0 Å². The molecule has 0 bridgehead atoms. The number of hydrogen-bond acceptors (Lipinski definition) is 3. The van der Waals surface area contributed by atoms with Crippen LogP contribution in [0.2, 0.25) is 0 Å². The maximum absolute atomic E-state index is 10.7. The third-order valence-electron chi connectivity index (χ3n) is 1.06. The first kappa shape index (κ1) is 10.8. The molecule has 0 rings (SSSR count). The lowest BCUT2D eigenvalue weighted by Gasteiger charge is -2.22. The second kappa shape index (κ2) is 3.04. The first-order chi connectivity index (χ1) is 4.65. The molecule has 0 aliphatic carbocycles. The minimum atomic E-state index is -3.24. The zero-order valence-electron chi connectivity index (χ0n) is 6.71. The largest absolute Gasteiger partial charge is 0.392 e. The highest BCUT2D eigenvalue weighted by Gasteiger charge is 2.24. The highest BCUT2D eigenvalue weighted by molar-refractivity contribution is 7.89. The van der Waals surface area contributed by atoms with Gasteiger partial charge >= 0.3 is 0 Å². The molecule has 0 aliphatic heterocycles. The topological polar surface area (TPSA) is 72.2 Å². The van der Waals surface area contributed by atoms with E-state index in [1.807, 2.05) is 0 Å². The number of nitrogens with one attached hydrogen (secondary N) is 1. The summed E-state index contributed by atoms with van der Waals surface area (Å²) < 4.78 is 23.8. The van der Waals surface area contributed by atoms with Crippen LogP contribution < -0.4 is 10.5 Å². The first-order valence-electron chi connectivity index (χ1n) is 2.94. The molecule has 0 unspecified atom stereocenters. The lowest BCUT2D eigenvalue weighted by molar-refractivity contribution is 0.552. The average Bonchev–Trinajstić information content (AvgIpc) is 1.56. The highest BCUT2D eigenvalue weighted by atomic mass is 32.2. The minimum absolute atomic E-state index is 0.128. The first-order valence-corrected chi connectivity index (χ1v) is 5.24. The normalized spacial score (nSPS) is 13.0. The number of rotatable bonds is 3. The molecule has 0 aromatic carbocycles. The Hall–Kier alpha value is -0.200. The standard InChI is InChI=1S/C5H12N2O2S2/c1-5(2,4(6)10)7-11(3,8)9/h7H,1-3H3,(H2,6,10). The van der Waals surface area contributed by atoms with E-state index in [1.54, 1.807) is 13.8 Å². The Morgan fingerprint density at radius 2 is 1.91 bits per heavy atom. The number of sulfonamides is 1. The summed E-state index contributed by atoms with van der Waals surface area (Å²) in [6, 6.07) is 0. The van der Waals surface area contributed by atoms with Crippen LogP contribution in [-0.2, 0) is 10.0 Å². The Kier molecular flexibility index (Phi) is 2.98. The van der Waals surface area contributed by atoms with Gasteiger partial charge in [0.1, 0.15) is 0 Å². The zero-order valence-corrected chi connectivity index (χ0v) is 8.34. The van der Waals surface area contributed by atoms with Gasteiger partial charge in [-0.2, -0.15) is 0 Å². The van der Waals surface area contributed by atoms with E-state index in [4.69, 9.17) is 5.73 Å². The predicted octanol–water partition coefficient (Wildman–Crippen LogP) is -0.400. The second-order valence-corrected chi connectivity index (χ2v) is 5.05. The van der Waals surface area contributed by atoms with Gasteiger partial charge in [-0.25, -0.2) is 13.1 Å². The molecular weight excluding hydrogens is 184 g/mol. The SMILES string of the molecule is CC(C)(NS(C)(=O)=O)C(N)=S. The van der Waals surface area contributed by atoms with Crippen LogP contribution in [0, 0.1) is 0 Å². The summed E-state index contributed by atoms with van der Waals surface area (Å²) in [7, 11) is -3.24. The van der Waals surface area contributed by atoms with Crippen LogP contribution in [0.1, 0.15) is 13.8 Å². The van der Waals surface area contributed by atoms with Crippen molar-refractivity contribution >= 4 is 27.2 Å². The Morgan fingerprint density at radius 1 is 1.55 bits per heavy atom. The van der Waals surface area contributed by atoms with Crippen LogP contribution in [-0.4, -0.2) is 25.2 Å². The molecule has 0 atom stereocenters. The summed E-state index contributed by atoms with van der Waals surface area (Å²) in [5, 5.41) is 0. The Morgan fingerprint density at radius 3 is 2.00 bits per heavy atom. The van der Waals surface area contributed by atoms with Gasteiger partial charge in [-0.1, -0.05) is 12.2 Å². The van der Waals surface area contributed by atoms with Gasteiger partial charge in [0.25, 0.3) is 0 Å². The average molecular weight is 196 g/mol. The monoisotopic (exact) mass is 196 g/mol. The Balaban J connectivity index is 4.51. The molecule has 4 nitrogen and oxygen atoms in total. The van der Waals surface area contributed by atoms with Crippen molar-refractivity contribution in [1.29, 1.82) is 0 Å². The van der Waals surface area contributed by atoms with Crippen molar-refractivity contribution in [2.45, 2.75) is 19.4 Å². The number of nitrogens with two attached hydrogens (primary N) is 1. The number of thiocarbonyl (C=S) groups is 1. The van der Waals surface area contributed by atoms with Gasteiger partial charge in [-0.3, -0.25) is 0 Å². The van der Waals surface area contributed by atoms with Crippen molar-refractivity contribution in [3.63, 3.8) is 0 Å². The van der Waals surface area contributed by atoms with E-state index < -0.39 is 15.6 Å². The molecule has 66 valence electrons. The summed E-state index contributed by atoms with van der Waals surface area (Å²) in [6.07, 6.45) is 1.06. The van der Waals surface area contributed by atoms with Crippen LogP contribution in [0.5, 0.6) is 0 Å². The van der Waals surface area contributed by atoms with E-state index in [0.29, 0.717) is 0 Å². The molecule has 0 radical (unpaired) electrons. The number of hydrogen-bond donors (Lipinski definition) is 2. The molecule has 0 saturated heterocycles. The van der Waals surface area contributed by atoms with Crippen molar-refractivity contribution in [2.24, 2.45) is 5.73 Å². The molecule has 0 amide bonds. The predicted molar refractivity (Wildman–Crippen MR) is 48.8 cm³/mol. The molecule has 11 heavy (non-hydrogen) atoms. The molecule has 0 aromatic rings. The van der Waals surface area contributed by atoms with Crippen molar-refractivity contribution in [3.8, 4) is 0 Å². The molecule has 0 fully saturated rings. The van der Waals surface area contributed by atoms with Crippen LogP contribution in [0.25, 0.3) is 0 Å². The second-order valence-electron chi connectivity index (χ2n) is 2.86. The lowest BCUT2D eigenvalue weighted by Crippen LogP contribution is -2.51. The Bertz CT molecular complexity index is 256. The van der Waals surface area contributed by atoms with E-state index in [1.165, 1.54) is 0 Å². The highest BCUT2D eigenvalue weighted by Crippen LogP contribution is 2.03. The van der Waals surface area contributed by atoms with E-state index in [0.717, 1.165) is 6.26 Å². The summed E-state index contributed by atoms with van der Waals surface area (Å²) >= 11 is 4.65. The minimum Gasteiger partial charge on any atom is -0.392 e. The maximum atomic E-state index is 10.7. The fraction of sp³-hybridized carbons (Fsp3) is 0.800. The van der Waals surface area contributed by atoms with Crippen LogP contribution >= 0.6 is 12.2 Å². The molecule has 0 spiro atoms. The smallest absolute Gasteiger partial charge is 0.209 e. The van der Waals surface area contributed by atoms with Gasteiger partial charge < -0.3 is 5.73 Å². The molecule has 0 saturated carbocycles. The summed E-state index contributed by atoms with van der Waals surface area (Å²) in [6.45, 7) is 3.22. The van der Waals surface area contributed by atoms with E-state index in [9.17, 15) is 8.42 Å². The van der Waals surface area contributed by atoms with Crippen LogP contribution in [0.4, 0.5) is 0 Å². The van der Waals surface area contributed by atoms with Gasteiger partial charge in [0.05, 0.1) is 16.8 Å². The lowest BCUT2D eigenvalue weighted by atomic mass is 10.1. The third-order valence-corrected chi connectivity index (χ3v) is 2.45. The molecule has 6 heteroatoms. The van der Waals surface area contributed by atoms with E-state index in [2.05, 4.69) is 16.9 Å². The molecule has 0 aliphatic rings. The van der Waals surface area contributed by atoms with Crippen molar-refractivity contribution in [3.05, 3.63) is 0 Å². The molecule has 0 heterocycles. The van der Waals surface area contributed by atoms with E-state index in [-0.39, 0.29) is 4.99 Å². The summed E-state index contributed by atoms with van der Waals surface area (Å²) in [5.41, 5.74) is 4.44. The van der Waals surface area contributed by atoms with Gasteiger partial charge in [-0.15, -0.1) is 0 Å². The molecule has 3 N–H and O–H groups in total. The third kappa shape index (κ3) is 4.28. The summed E-state index contributed by atoms with van der Waals surface area (Å²) in [4.78, 5) is 0.128. The fourth-order valence-electron chi connectivity index (χ4n) is 0.514. The van der Waals surface area contributed by atoms with Crippen LogP contribution in [0.3, 0.4) is 0 Å². The maximum Gasteiger partial charge on any atom is 0.209 e. The van der Waals surface area contributed by atoms with Gasteiger partial charge in [0.15, 0.2) is 0 Å². The van der Waals surface area contributed by atoms with E-state index >= 15 is 0 Å². The molecular formula is C5H12N2O2S2. The van der Waals surface area contributed by atoms with Crippen LogP contribution in [0.15, 0.2) is 0 Å². The van der Waals surface area contributed by atoms with Crippen molar-refractivity contribution in [2.75, 3.05) is 6.26 Å².